The van der Waals surface area contributed by atoms with Gasteiger partial charge in [0.15, 0.2) is 0 Å². The van der Waals surface area contributed by atoms with Gasteiger partial charge in [0.05, 0.1) is 5.69 Å². The topological polar surface area (TPSA) is 80.0 Å². The second-order valence-corrected chi connectivity index (χ2v) is 5.52. The first-order valence-corrected chi connectivity index (χ1v) is 7.66. The molecular formula is C16H20N4O2. The number of hydrogen-bond donors (Lipinski definition) is 2. The Morgan fingerprint density at radius 2 is 2.18 bits per heavy atom. The second kappa shape index (κ2) is 6.60. The van der Waals surface area contributed by atoms with Crippen LogP contribution < -0.4 is 10.6 Å². The highest BCUT2D eigenvalue weighted by Gasteiger charge is 2.23. The minimum Gasteiger partial charge on any atom is -0.383 e. The van der Waals surface area contributed by atoms with Gasteiger partial charge in [0.2, 0.25) is 5.76 Å². The summed E-state index contributed by atoms with van der Waals surface area (Å²) in [5.41, 5.74) is 4.04. The van der Waals surface area contributed by atoms with E-state index in [-0.39, 0.29) is 5.91 Å². The number of hydrogen-bond acceptors (Lipinski definition) is 5. The maximum Gasteiger partial charge on any atom is 0.290 e. The molecule has 6 heteroatoms. The fourth-order valence-electron chi connectivity index (χ4n) is 2.69. The number of nitrogens with one attached hydrogen (secondary N) is 2. The fraction of sp³-hybridized carbons (Fsp3) is 0.438. The Bertz CT molecular complexity index is 666. The molecule has 2 aromatic heterocycles. The summed E-state index contributed by atoms with van der Waals surface area (Å²) >= 11 is 0. The molecule has 116 valence electrons. The molecule has 0 saturated heterocycles. The predicted molar refractivity (Wildman–Crippen MR) is 82.9 cm³/mol. The third kappa shape index (κ3) is 3.10. The lowest BCUT2D eigenvalue weighted by molar-refractivity contribution is 0.0917. The first-order valence-electron chi connectivity index (χ1n) is 7.66. The van der Waals surface area contributed by atoms with Crippen LogP contribution in [0.4, 0.5) is 5.69 Å². The SMILES string of the molecule is Cc1cnccc1NCCNC(=O)c1onc2c1CCCC2. The minimum absolute atomic E-state index is 0.177. The van der Waals surface area contributed by atoms with Crippen molar-refractivity contribution >= 4 is 11.6 Å². The molecule has 6 nitrogen and oxygen atoms in total. The normalized spacial score (nSPS) is 13.5. The summed E-state index contributed by atoms with van der Waals surface area (Å²) in [4.78, 5) is 16.2. The van der Waals surface area contributed by atoms with E-state index in [2.05, 4.69) is 20.8 Å². The van der Waals surface area contributed by atoms with Crippen LogP contribution in [0.3, 0.4) is 0 Å². The number of aromatic nitrogens is 2. The summed E-state index contributed by atoms with van der Waals surface area (Å²) in [6, 6.07) is 1.92. The third-order valence-electron chi connectivity index (χ3n) is 3.91. The standard InChI is InChI=1S/C16H20N4O2/c1-11-10-17-7-6-13(11)18-8-9-19-16(21)15-12-4-2-3-5-14(12)20-22-15/h6-7,10H,2-5,8-9H2,1H3,(H,17,18)(H,19,21). The van der Waals surface area contributed by atoms with Crippen LogP contribution in [-0.2, 0) is 12.8 Å². The van der Waals surface area contributed by atoms with Gasteiger partial charge in [-0.25, -0.2) is 0 Å². The van der Waals surface area contributed by atoms with E-state index in [1.165, 1.54) is 0 Å². The molecule has 0 radical (unpaired) electrons. The Morgan fingerprint density at radius 1 is 1.32 bits per heavy atom. The zero-order valence-corrected chi connectivity index (χ0v) is 12.7. The van der Waals surface area contributed by atoms with E-state index in [1.807, 2.05) is 19.2 Å². The lowest BCUT2D eigenvalue weighted by Crippen LogP contribution is -2.29. The molecule has 1 aliphatic rings. The summed E-state index contributed by atoms with van der Waals surface area (Å²) in [6.07, 6.45) is 7.56. The summed E-state index contributed by atoms with van der Waals surface area (Å²) in [6.45, 7) is 3.16. The van der Waals surface area contributed by atoms with Crippen molar-refractivity contribution < 1.29 is 9.32 Å². The highest BCUT2D eigenvalue weighted by atomic mass is 16.5. The van der Waals surface area contributed by atoms with E-state index < -0.39 is 0 Å². The molecular weight excluding hydrogens is 280 g/mol. The largest absolute Gasteiger partial charge is 0.383 e. The zero-order chi connectivity index (χ0) is 15.4. The van der Waals surface area contributed by atoms with Crippen molar-refractivity contribution in [3.8, 4) is 0 Å². The van der Waals surface area contributed by atoms with E-state index in [1.54, 1.807) is 6.20 Å². The van der Waals surface area contributed by atoms with Gasteiger partial charge < -0.3 is 15.2 Å². The Labute approximate surface area is 129 Å². The monoisotopic (exact) mass is 300 g/mol. The van der Waals surface area contributed by atoms with Gasteiger partial charge in [-0.15, -0.1) is 0 Å². The molecule has 0 spiro atoms. The van der Waals surface area contributed by atoms with Gasteiger partial charge >= 0.3 is 0 Å². The van der Waals surface area contributed by atoms with Crippen LogP contribution in [0.5, 0.6) is 0 Å². The molecule has 0 atom stereocenters. The van der Waals surface area contributed by atoms with E-state index >= 15 is 0 Å². The summed E-state index contributed by atoms with van der Waals surface area (Å²) in [7, 11) is 0. The Kier molecular flexibility index (Phi) is 4.37. The van der Waals surface area contributed by atoms with Crippen molar-refractivity contribution in [3.05, 3.63) is 41.0 Å². The molecule has 2 N–H and O–H groups in total. The van der Waals surface area contributed by atoms with Crippen molar-refractivity contribution in [1.29, 1.82) is 0 Å². The van der Waals surface area contributed by atoms with Crippen LogP contribution in [-0.4, -0.2) is 29.1 Å². The number of carbonyl (C=O) groups is 1. The number of aryl methyl sites for hydroxylation is 2. The van der Waals surface area contributed by atoms with Crippen molar-refractivity contribution in [2.75, 3.05) is 18.4 Å². The Balaban J connectivity index is 1.51. The molecule has 3 rings (SSSR count). The molecule has 0 unspecified atom stereocenters. The molecule has 2 aromatic rings. The second-order valence-electron chi connectivity index (χ2n) is 5.52. The molecule has 0 fully saturated rings. The minimum atomic E-state index is -0.177. The highest BCUT2D eigenvalue weighted by Crippen LogP contribution is 2.23. The number of carbonyl (C=O) groups excluding carboxylic acids is 1. The van der Waals surface area contributed by atoms with E-state index in [0.29, 0.717) is 18.8 Å². The van der Waals surface area contributed by atoms with Crippen LogP contribution in [0.25, 0.3) is 0 Å². The Morgan fingerprint density at radius 3 is 3.05 bits per heavy atom. The molecule has 0 aromatic carbocycles. The van der Waals surface area contributed by atoms with Crippen LogP contribution in [0.1, 0.15) is 40.2 Å². The predicted octanol–water partition coefficient (Wildman–Crippen LogP) is 2.10. The fourth-order valence-corrected chi connectivity index (χ4v) is 2.69. The quantitative estimate of drug-likeness (QED) is 0.827. The lowest BCUT2D eigenvalue weighted by atomic mass is 9.96. The van der Waals surface area contributed by atoms with Crippen LogP contribution in [0.2, 0.25) is 0 Å². The lowest BCUT2D eigenvalue weighted by Gasteiger charge is -2.10. The van der Waals surface area contributed by atoms with Gasteiger partial charge in [0.25, 0.3) is 5.91 Å². The third-order valence-corrected chi connectivity index (χ3v) is 3.91. The number of anilines is 1. The molecule has 0 saturated carbocycles. The number of rotatable bonds is 5. The molecule has 22 heavy (non-hydrogen) atoms. The van der Waals surface area contributed by atoms with Crippen molar-refractivity contribution in [2.24, 2.45) is 0 Å². The molecule has 2 heterocycles. The number of nitrogens with zero attached hydrogens (tertiary/aromatic N) is 2. The summed E-state index contributed by atoms with van der Waals surface area (Å²) in [5.74, 6) is 0.207. The van der Waals surface area contributed by atoms with Crippen molar-refractivity contribution in [2.45, 2.75) is 32.6 Å². The van der Waals surface area contributed by atoms with Crippen LogP contribution in [0, 0.1) is 6.92 Å². The van der Waals surface area contributed by atoms with Gasteiger partial charge in [-0.2, -0.15) is 0 Å². The van der Waals surface area contributed by atoms with Crippen molar-refractivity contribution in [3.63, 3.8) is 0 Å². The summed E-state index contributed by atoms with van der Waals surface area (Å²) < 4.78 is 5.22. The smallest absolute Gasteiger partial charge is 0.290 e. The molecule has 0 aliphatic heterocycles. The van der Waals surface area contributed by atoms with Crippen LogP contribution >= 0.6 is 0 Å². The van der Waals surface area contributed by atoms with E-state index in [4.69, 9.17) is 4.52 Å². The van der Waals surface area contributed by atoms with Gasteiger partial charge in [0.1, 0.15) is 0 Å². The van der Waals surface area contributed by atoms with E-state index in [0.717, 1.165) is 48.2 Å². The summed E-state index contributed by atoms with van der Waals surface area (Å²) in [5, 5.41) is 10.2. The highest BCUT2D eigenvalue weighted by molar-refractivity contribution is 5.93. The van der Waals surface area contributed by atoms with Gasteiger partial charge in [-0.3, -0.25) is 9.78 Å². The molecule has 1 aliphatic carbocycles. The maximum atomic E-state index is 12.2. The number of fused-ring (bicyclic) bond motifs is 1. The maximum absolute atomic E-state index is 12.2. The average Bonchev–Trinajstić information content (AvgIpc) is 2.97. The molecule has 0 bridgehead atoms. The van der Waals surface area contributed by atoms with Crippen LogP contribution in [0.15, 0.2) is 23.0 Å². The first kappa shape index (κ1) is 14.6. The first-order chi connectivity index (χ1) is 10.8. The average molecular weight is 300 g/mol. The Hall–Kier alpha value is -2.37. The van der Waals surface area contributed by atoms with Gasteiger partial charge in [0, 0.05) is 36.7 Å². The van der Waals surface area contributed by atoms with Gasteiger partial charge in [-0.05, 0) is 44.2 Å². The van der Waals surface area contributed by atoms with E-state index in [9.17, 15) is 4.79 Å². The van der Waals surface area contributed by atoms with Crippen molar-refractivity contribution in [1.82, 2.24) is 15.5 Å². The van der Waals surface area contributed by atoms with Gasteiger partial charge in [-0.1, -0.05) is 5.16 Å². The zero-order valence-electron chi connectivity index (χ0n) is 12.7. The molecule has 1 amide bonds. The number of pyridine rings is 1. The number of amides is 1.